The average Bonchev–Trinajstić information content (AvgIpc) is 2.02. The van der Waals surface area contributed by atoms with Crippen LogP contribution in [0.15, 0.2) is 11.6 Å². The van der Waals surface area contributed by atoms with E-state index in [-0.39, 0.29) is 11.2 Å². The number of hydrogen-bond acceptors (Lipinski definition) is 2. The second kappa shape index (κ2) is 4.41. The van der Waals surface area contributed by atoms with E-state index in [1.165, 1.54) is 0 Å². The lowest BCUT2D eigenvalue weighted by atomic mass is 9.82. The molecule has 2 heteroatoms. The van der Waals surface area contributed by atoms with Gasteiger partial charge in [0.2, 0.25) is 0 Å². The first-order valence-electron chi connectivity index (χ1n) is 4.35. The Kier molecular flexibility index (Phi) is 4.18. The van der Waals surface area contributed by atoms with E-state index in [0.29, 0.717) is 6.54 Å². The van der Waals surface area contributed by atoms with Gasteiger partial charge in [0.1, 0.15) is 0 Å². The minimum atomic E-state index is -0.364. The highest BCUT2D eigenvalue weighted by molar-refractivity contribution is 5.95. The highest BCUT2D eigenvalue weighted by Crippen LogP contribution is 2.21. The highest BCUT2D eigenvalue weighted by Gasteiger charge is 2.27. The summed E-state index contributed by atoms with van der Waals surface area (Å²) in [6, 6.07) is 0. The van der Waals surface area contributed by atoms with Crippen molar-refractivity contribution in [2.24, 2.45) is 11.1 Å². The SMILES string of the molecule is CCC(C)(CN)C(=O)C=C(C)C. The zero-order chi connectivity index (χ0) is 9.78. The van der Waals surface area contributed by atoms with E-state index in [0.717, 1.165) is 12.0 Å². The summed E-state index contributed by atoms with van der Waals surface area (Å²) in [6.45, 7) is 8.17. The number of carbonyl (C=O) groups is 1. The van der Waals surface area contributed by atoms with Crippen LogP contribution in [-0.4, -0.2) is 12.3 Å². The molecule has 0 aliphatic carbocycles. The van der Waals surface area contributed by atoms with Crippen LogP contribution in [0.25, 0.3) is 0 Å². The van der Waals surface area contributed by atoms with E-state index >= 15 is 0 Å². The molecule has 0 aliphatic rings. The summed E-state index contributed by atoms with van der Waals surface area (Å²) in [7, 11) is 0. The van der Waals surface area contributed by atoms with Gasteiger partial charge in [-0.2, -0.15) is 0 Å². The number of rotatable bonds is 4. The van der Waals surface area contributed by atoms with Gasteiger partial charge in [0.25, 0.3) is 0 Å². The lowest BCUT2D eigenvalue weighted by Crippen LogP contribution is -2.34. The molecule has 0 saturated carbocycles. The normalized spacial score (nSPS) is 15.1. The van der Waals surface area contributed by atoms with Gasteiger partial charge < -0.3 is 5.73 Å². The average molecular weight is 169 g/mol. The van der Waals surface area contributed by atoms with E-state index in [1.807, 2.05) is 27.7 Å². The molecule has 70 valence electrons. The topological polar surface area (TPSA) is 43.1 Å². The summed E-state index contributed by atoms with van der Waals surface area (Å²) in [5.74, 6) is 0.146. The van der Waals surface area contributed by atoms with Crippen molar-refractivity contribution in [3.8, 4) is 0 Å². The molecule has 0 heterocycles. The van der Waals surface area contributed by atoms with Gasteiger partial charge in [0.05, 0.1) is 0 Å². The largest absolute Gasteiger partial charge is 0.329 e. The Morgan fingerprint density at radius 1 is 1.50 bits per heavy atom. The molecule has 0 aromatic rings. The van der Waals surface area contributed by atoms with Crippen LogP contribution in [-0.2, 0) is 4.79 Å². The van der Waals surface area contributed by atoms with Gasteiger partial charge in [0.15, 0.2) is 5.78 Å². The Balaban J connectivity index is 4.54. The number of carbonyl (C=O) groups excluding carboxylic acids is 1. The van der Waals surface area contributed by atoms with Crippen molar-refractivity contribution in [1.82, 2.24) is 0 Å². The predicted molar refractivity (Wildman–Crippen MR) is 51.9 cm³/mol. The molecule has 1 atom stereocenters. The van der Waals surface area contributed by atoms with Crippen molar-refractivity contribution in [3.05, 3.63) is 11.6 Å². The zero-order valence-corrected chi connectivity index (χ0v) is 8.48. The van der Waals surface area contributed by atoms with Crippen molar-refractivity contribution >= 4 is 5.78 Å². The third-order valence-electron chi connectivity index (χ3n) is 2.25. The summed E-state index contributed by atoms with van der Waals surface area (Å²) in [4.78, 5) is 11.6. The van der Waals surface area contributed by atoms with Gasteiger partial charge in [-0.1, -0.05) is 19.4 Å². The van der Waals surface area contributed by atoms with Crippen LogP contribution in [0.1, 0.15) is 34.1 Å². The van der Waals surface area contributed by atoms with Gasteiger partial charge >= 0.3 is 0 Å². The van der Waals surface area contributed by atoms with Crippen molar-refractivity contribution < 1.29 is 4.79 Å². The van der Waals surface area contributed by atoms with E-state index in [9.17, 15) is 4.79 Å². The van der Waals surface area contributed by atoms with E-state index in [4.69, 9.17) is 5.73 Å². The summed E-state index contributed by atoms with van der Waals surface area (Å²) in [5.41, 5.74) is 6.22. The lowest BCUT2D eigenvalue weighted by molar-refractivity contribution is -0.122. The van der Waals surface area contributed by atoms with Crippen molar-refractivity contribution in [1.29, 1.82) is 0 Å². The first-order valence-corrected chi connectivity index (χ1v) is 4.35. The van der Waals surface area contributed by atoms with Gasteiger partial charge in [-0.25, -0.2) is 0 Å². The predicted octanol–water partition coefficient (Wildman–Crippen LogP) is 1.90. The molecule has 0 rings (SSSR count). The third kappa shape index (κ3) is 2.78. The lowest BCUT2D eigenvalue weighted by Gasteiger charge is -2.22. The molecule has 2 nitrogen and oxygen atoms in total. The summed E-state index contributed by atoms with van der Waals surface area (Å²) >= 11 is 0. The van der Waals surface area contributed by atoms with Crippen molar-refractivity contribution in [2.45, 2.75) is 34.1 Å². The molecular weight excluding hydrogens is 150 g/mol. The Bertz CT molecular complexity index is 186. The molecule has 0 fully saturated rings. The maximum atomic E-state index is 11.6. The highest BCUT2D eigenvalue weighted by atomic mass is 16.1. The smallest absolute Gasteiger partial charge is 0.162 e. The first-order chi connectivity index (χ1) is 5.46. The van der Waals surface area contributed by atoms with Crippen molar-refractivity contribution in [2.75, 3.05) is 6.54 Å². The molecule has 0 aromatic heterocycles. The van der Waals surface area contributed by atoms with E-state index < -0.39 is 0 Å². The second-order valence-corrected chi connectivity index (χ2v) is 3.70. The molecule has 0 spiro atoms. The molecule has 0 aromatic carbocycles. The number of allylic oxidation sites excluding steroid dienone is 2. The van der Waals surface area contributed by atoms with E-state index in [2.05, 4.69) is 0 Å². The summed E-state index contributed by atoms with van der Waals surface area (Å²) < 4.78 is 0. The Morgan fingerprint density at radius 3 is 2.25 bits per heavy atom. The maximum absolute atomic E-state index is 11.6. The van der Waals surface area contributed by atoms with Crippen LogP contribution in [0.5, 0.6) is 0 Å². The Labute approximate surface area is 74.8 Å². The fourth-order valence-corrected chi connectivity index (χ4v) is 0.856. The molecule has 2 N–H and O–H groups in total. The summed E-state index contributed by atoms with van der Waals surface area (Å²) in [5, 5.41) is 0. The maximum Gasteiger partial charge on any atom is 0.162 e. The Morgan fingerprint density at radius 2 is 2.00 bits per heavy atom. The molecule has 0 aliphatic heterocycles. The molecule has 0 saturated heterocycles. The van der Waals surface area contributed by atoms with Crippen LogP contribution < -0.4 is 5.73 Å². The van der Waals surface area contributed by atoms with Gasteiger partial charge in [-0.05, 0) is 26.3 Å². The molecular formula is C10H19NO. The first kappa shape index (κ1) is 11.4. The number of hydrogen-bond donors (Lipinski definition) is 1. The van der Waals surface area contributed by atoms with Crippen LogP contribution >= 0.6 is 0 Å². The third-order valence-corrected chi connectivity index (χ3v) is 2.25. The molecule has 1 unspecified atom stereocenters. The second-order valence-electron chi connectivity index (χ2n) is 3.70. The van der Waals surface area contributed by atoms with Gasteiger partial charge in [-0.15, -0.1) is 0 Å². The molecule has 0 amide bonds. The van der Waals surface area contributed by atoms with Gasteiger partial charge in [0, 0.05) is 12.0 Å². The van der Waals surface area contributed by atoms with E-state index in [1.54, 1.807) is 6.08 Å². The zero-order valence-electron chi connectivity index (χ0n) is 8.48. The summed E-state index contributed by atoms with van der Waals surface area (Å²) in [6.07, 6.45) is 2.47. The molecule has 0 radical (unpaired) electrons. The van der Waals surface area contributed by atoms with Crippen LogP contribution in [0.2, 0.25) is 0 Å². The fourth-order valence-electron chi connectivity index (χ4n) is 0.856. The fraction of sp³-hybridized carbons (Fsp3) is 0.700. The quantitative estimate of drug-likeness (QED) is 0.653. The van der Waals surface area contributed by atoms with Crippen molar-refractivity contribution in [3.63, 3.8) is 0 Å². The molecule has 12 heavy (non-hydrogen) atoms. The minimum absolute atomic E-state index is 0.146. The number of ketones is 1. The minimum Gasteiger partial charge on any atom is -0.329 e. The standard InChI is InChI=1S/C10H19NO/c1-5-10(4,7-11)9(12)6-8(2)3/h6H,5,7,11H2,1-4H3. The van der Waals surface area contributed by atoms with Crippen LogP contribution in [0.4, 0.5) is 0 Å². The van der Waals surface area contributed by atoms with Crippen LogP contribution in [0.3, 0.4) is 0 Å². The number of nitrogens with two attached hydrogens (primary N) is 1. The molecule has 0 bridgehead atoms. The van der Waals surface area contributed by atoms with Gasteiger partial charge in [-0.3, -0.25) is 4.79 Å². The van der Waals surface area contributed by atoms with Crippen LogP contribution in [0, 0.1) is 5.41 Å². The Hall–Kier alpha value is -0.630. The monoisotopic (exact) mass is 169 g/mol.